The molecule has 0 spiro atoms. The van der Waals surface area contributed by atoms with Crippen molar-refractivity contribution in [3.8, 4) is 0 Å². The summed E-state index contributed by atoms with van der Waals surface area (Å²) < 4.78 is 0. The summed E-state index contributed by atoms with van der Waals surface area (Å²) in [5.41, 5.74) is 7.59. The molecule has 106 valence electrons. The molecule has 0 bridgehead atoms. The Labute approximate surface area is 129 Å². The maximum Gasteiger partial charge on any atom is 0.222 e. The molecule has 0 aromatic heterocycles. The highest BCUT2D eigenvalue weighted by Gasteiger charge is 2.22. The van der Waals surface area contributed by atoms with Crippen molar-refractivity contribution in [2.24, 2.45) is 5.73 Å². The molecule has 1 aliphatic heterocycles. The van der Waals surface area contributed by atoms with Crippen LogP contribution in [0.15, 0.2) is 12.1 Å². The Balaban J connectivity index is 0.00000180. The SMILES string of the molecule is Cl.NCCCC(=O)N1CCc2cc(Cl)cc(Cl)c2C1. The fraction of sp³-hybridized carbons (Fsp3) is 0.462. The van der Waals surface area contributed by atoms with Crippen LogP contribution in [0.3, 0.4) is 0 Å². The van der Waals surface area contributed by atoms with Crippen molar-refractivity contribution in [2.45, 2.75) is 25.8 Å². The molecular formula is C13H17Cl3N2O. The van der Waals surface area contributed by atoms with Crippen LogP contribution >= 0.6 is 35.6 Å². The van der Waals surface area contributed by atoms with Gasteiger partial charge >= 0.3 is 0 Å². The number of carbonyl (C=O) groups excluding carboxylic acids is 1. The van der Waals surface area contributed by atoms with Crippen LogP contribution in [0.4, 0.5) is 0 Å². The Hall–Kier alpha value is -0.480. The van der Waals surface area contributed by atoms with Gasteiger partial charge in [0.15, 0.2) is 0 Å². The average molecular weight is 324 g/mol. The first-order chi connectivity index (χ1) is 8.61. The molecule has 1 amide bonds. The lowest BCUT2D eigenvalue weighted by Crippen LogP contribution is -2.36. The number of benzene rings is 1. The second-order valence-corrected chi connectivity index (χ2v) is 5.33. The Morgan fingerprint density at radius 3 is 2.79 bits per heavy atom. The van der Waals surface area contributed by atoms with Crippen LogP contribution in [0.2, 0.25) is 10.0 Å². The van der Waals surface area contributed by atoms with E-state index in [-0.39, 0.29) is 18.3 Å². The molecule has 2 N–H and O–H groups in total. The van der Waals surface area contributed by atoms with Gasteiger partial charge < -0.3 is 10.6 Å². The van der Waals surface area contributed by atoms with Crippen molar-refractivity contribution in [2.75, 3.05) is 13.1 Å². The fourth-order valence-electron chi connectivity index (χ4n) is 2.21. The lowest BCUT2D eigenvalue weighted by atomic mass is 9.99. The van der Waals surface area contributed by atoms with Gasteiger partial charge in [-0.25, -0.2) is 0 Å². The van der Waals surface area contributed by atoms with Gasteiger partial charge in [-0.3, -0.25) is 4.79 Å². The third-order valence-electron chi connectivity index (χ3n) is 3.20. The lowest BCUT2D eigenvalue weighted by molar-refractivity contribution is -0.132. The normalized spacial score (nSPS) is 13.7. The lowest BCUT2D eigenvalue weighted by Gasteiger charge is -2.29. The quantitative estimate of drug-likeness (QED) is 0.929. The van der Waals surface area contributed by atoms with E-state index in [4.69, 9.17) is 28.9 Å². The van der Waals surface area contributed by atoms with Gasteiger partial charge in [0.2, 0.25) is 5.91 Å². The molecule has 0 saturated heterocycles. The third-order valence-corrected chi connectivity index (χ3v) is 3.76. The summed E-state index contributed by atoms with van der Waals surface area (Å²) >= 11 is 12.1. The zero-order valence-corrected chi connectivity index (χ0v) is 12.8. The van der Waals surface area contributed by atoms with Crippen LogP contribution in [-0.2, 0) is 17.8 Å². The highest BCUT2D eigenvalue weighted by atomic mass is 35.5. The van der Waals surface area contributed by atoms with Gasteiger partial charge in [-0.2, -0.15) is 0 Å². The largest absolute Gasteiger partial charge is 0.338 e. The van der Waals surface area contributed by atoms with Gasteiger partial charge in [0.05, 0.1) is 0 Å². The molecule has 0 fully saturated rings. The molecule has 0 saturated carbocycles. The highest BCUT2D eigenvalue weighted by molar-refractivity contribution is 6.35. The van der Waals surface area contributed by atoms with E-state index in [1.165, 1.54) is 0 Å². The maximum absolute atomic E-state index is 11.9. The molecule has 0 unspecified atom stereocenters. The number of amides is 1. The van der Waals surface area contributed by atoms with E-state index in [9.17, 15) is 4.79 Å². The van der Waals surface area contributed by atoms with Crippen molar-refractivity contribution >= 4 is 41.5 Å². The number of rotatable bonds is 3. The second-order valence-electron chi connectivity index (χ2n) is 4.48. The molecule has 6 heteroatoms. The molecular weight excluding hydrogens is 307 g/mol. The van der Waals surface area contributed by atoms with Crippen LogP contribution in [0.25, 0.3) is 0 Å². The fourth-order valence-corrected chi connectivity index (χ4v) is 2.80. The van der Waals surface area contributed by atoms with Gasteiger partial charge in [-0.15, -0.1) is 12.4 Å². The standard InChI is InChI=1S/C13H16Cl2N2O.ClH/c14-10-6-9-3-5-17(13(18)2-1-4-16)8-11(9)12(15)7-10;/h6-7H,1-5,8,16H2;1H. The Kier molecular flexibility index (Phi) is 6.40. The van der Waals surface area contributed by atoms with Gasteiger partial charge in [-0.05, 0) is 42.6 Å². The van der Waals surface area contributed by atoms with E-state index in [0.29, 0.717) is 29.6 Å². The van der Waals surface area contributed by atoms with E-state index in [1.54, 1.807) is 6.07 Å². The minimum absolute atomic E-state index is 0. The summed E-state index contributed by atoms with van der Waals surface area (Å²) in [5.74, 6) is 0.150. The Bertz CT molecular complexity index is 465. The molecule has 0 radical (unpaired) electrons. The number of nitrogens with two attached hydrogens (primary N) is 1. The van der Waals surface area contributed by atoms with Gasteiger partial charge in [0, 0.05) is 29.6 Å². The highest BCUT2D eigenvalue weighted by Crippen LogP contribution is 2.30. The first-order valence-electron chi connectivity index (χ1n) is 6.06. The van der Waals surface area contributed by atoms with Crippen LogP contribution in [0, 0.1) is 0 Å². The number of fused-ring (bicyclic) bond motifs is 1. The Morgan fingerprint density at radius 2 is 2.11 bits per heavy atom. The molecule has 1 heterocycles. The summed E-state index contributed by atoms with van der Waals surface area (Å²) in [4.78, 5) is 13.8. The van der Waals surface area contributed by atoms with Crippen molar-refractivity contribution in [1.82, 2.24) is 4.90 Å². The van der Waals surface area contributed by atoms with E-state index >= 15 is 0 Å². The van der Waals surface area contributed by atoms with Crippen molar-refractivity contribution in [3.63, 3.8) is 0 Å². The van der Waals surface area contributed by atoms with Gasteiger partial charge in [0.25, 0.3) is 0 Å². The summed E-state index contributed by atoms with van der Waals surface area (Å²) in [6.45, 7) is 1.86. The number of halogens is 3. The number of hydrogen-bond donors (Lipinski definition) is 1. The second kappa shape index (κ2) is 7.34. The van der Waals surface area contributed by atoms with Crippen LogP contribution in [-0.4, -0.2) is 23.9 Å². The molecule has 0 aliphatic carbocycles. The summed E-state index contributed by atoms with van der Waals surface area (Å²) in [5, 5.41) is 1.30. The summed E-state index contributed by atoms with van der Waals surface area (Å²) in [7, 11) is 0. The van der Waals surface area contributed by atoms with Crippen LogP contribution < -0.4 is 5.73 Å². The zero-order valence-electron chi connectivity index (χ0n) is 10.5. The maximum atomic E-state index is 11.9. The molecule has 2 rings (SSSR count). The van der Waals surface area contributed by atoms with Crippen molar-refractivity contribution in [3.05, 3.63) is 33.3 Å². The molecule has 1 aromatic carbocycles. The van der Waals surface area contributed by atoms with Gasteiger partial charge in [0.1, 0.15) is 0 Å². The Morgan fingerprint density at radius 1 is 1.37 bits per heavy atom. The first kappa shape index (κ1) is 16.6. The minimum Gasteiger partial charge on any atom is -0.338 e. The van der Waals surface area contributed by atoms with E-state index in [0.717, 1.165) is 30.5 Å². The zero-order chi connectivity index (χ0) is 13.1. The number of carbonyl (C=O) groups is 1. The third kappa shape index (κ3) is 3.99. The summed E-state index contributed by atoms with van der Waals surface area (Å²) in [6, 6.07) is 3.67. The molecule has 19 heavy (non-hydrogen) atoms. The van der Waals surface area contributed by atoms with Crippen LogP contribution in [0.1, 0.15) is 24.0 Å². The number of hydrogen-bond acceptors (Lipinski definition) is 2. The molecule has 3 nitrogen and oxygen atoms in total. The van der Waals surface area contributed by atoms with Crippen LogP contribution in [0.5, 0.6) is 0 Å². The van der Waals surface area contributed by atoms with Crippen molar-refractivity contribution < 1.29 is 4.79 Å². The van der Waals surface area contributed by atoms with Crippen molar-refractivity contribution in [1.29, 1.82) is 0 Å². The van der Waals surface area contributed by atoms with E-state index < -0.39 is 0 Å². The summed E-state index contributed by atoms with van der Waals surface area (Å²) in [6.07, 6.45) is 2.05. The monoisotopic (exact) mass is 322 g/mol. The number of nitrogens with zero attached hydrogens (tertiary/aromatic N) is 1. The molecule has 1 aromatic rings. The molecule has 1 aliphatic rings. The minimum atomic E-state index is 0. The smallest absolute Gasteiger partial charge is 0.222 e. The predicted molar refractivity (Wildman–Crippen MR) is 81.1 cm³/mol. The average Bonchev–Trinajstić information content (AvgIpc) is 2.35. The topological polar surface area (TPSA) is 46.3 Å². The first-order valence-corrected chi connectivity index (χ1v) is 6.82. The predicted octanol–water partition coefficient (Wildman–Crippen LogP) is 3.04. The molecule has 0 atom stereocenters. The van der Waals surface area contributed by atoms with Gasteiger partial charge in [-0.1, -0.05) is 23.2 Å². The van der Waals surface area contributed by atoms with E-state index in [2.05, 4.69) is 0 Å². The van der Waals surface area contributed by atoms with E-state index in [1.807, 2.05) is 11.0 Å².